The van der Waals surface area contributed by atoms with Crippen molar-refractivity contribution in [3.05, 3.63) is 71.1 Å². The Hall–Kier alpha value is -3.27. The number of imide groups is 1. The number of carbonyl (C=O) groups is 2. The molecule has 36 heavy (non-hydrogen) atoms. The van der Waals surface area contributed by atoms with Gasteiger partial charge in [-0.1, -0.05) is 18.2 Å². The van der Waals surface area contributed by atoms with Crippen molar-refractivity contribution in [1.29, 1.82) is 0 Å². The number of rotatable bonds is 6. The Labute approximate surface area is 210 Å². The Balaban J connectivity index is 1.46. The van der Waals surface area contributed by atoms with Crippen LogP contribution < -0.4 is 0 Å². The molecule has 186 valence electrons. The zero-order valence-electron chi connectivity index (χ0n) is 20.1. The van der Waals surface area contributed by atoms with Crippen LogP contribution in [0.15, 0.2) is 59.8 Å². The molecule has 0 unspecified atom stereocenters. The van der Waals surface area contributed by atoms with E-state index < -0.39 is 25.1 Å². The van der Waals surface area contributed by atoms with Gasteiger partial charge in [0, 0.05) is 13.2 Å². The molecule has 8 nitrogen and oxygen atoms in total. The van der Waals surface area contributed by atoms with Crippen LogP contribution in [-0.4, -0.2) is 63.8 Å². The van der Waals surface area contributed by atoms with E-state index >= 15 is 0 Å². The molecule has 4 atom stereocenters. The Morgan fingerprint density at radius 2 is 1.94 bits per heavy atom. The zero-order chi connectivity index (χ0) is 25.4. The number of pyridine rings is 1. The van der Waals surface area contributed by atoms with Gasteiger partial charge in [0.05, 0.1) is 30.2 Å². The number of amides is 2. The molecule has 2 amide bonds. The smallest absolute Gasteiger partial charge is 0.455 e. The fourth-order valence-electron chi connectivity index (χ4n) is 5.95. The number of hydrogen-bond acceptors (Lipinski definition) is 7. The third-order valence-corrected chi connectivity index (χ3v) is 7.62. The number of phenols is 1. The summed E-state index contributed by atoms with van der Waals surface area (Å²) in [5, 5.41) is 30.4. The highest BCUT2D eigenvalue weighted by molar-refractivity contribution is 6.43. The van der Waals surface area contributed by atoms with Crippen LogP contribution in [0.3, 0.4) is 0 Å². The van der Waals surface area contributed by atoms with Crippen LogP contribution in [0.2, 0.25) is 6.32 Å². The number of benzene rings is 1. The van der Waals surface area contributed by atoms with E-state index in [1.54, 1.807) is 18.3 Å². The predicted molar refractivity (Wildman–Crippen MR) is 134 cm³/mol. The van der Waals surface area contributed by atoms with Gasteiger partial charge in [-0.15, -0.1) is 0 Å². The van der Waals surface area contributed by atoms with Crippen molar-refractivity contribution in [2.75, 3.05) is 13.7 Å². The topological polar surface area (TPSA) is 120 Å². The molecule has 0 radical (unpaired) electrons. The first-order valence-electron chi connectivity index (χ1n) is 12.3. The average molecular weight is 488 g/mol. The molecule has 3 heterocycles. The van der Waals surface area contributed by atoms with E-state index in [0.29, 0.717) is 19.3 Å². The molecule has 2 aliphatic heterocycles. The molecule has 2 aromatic rings. The predicted octanol–water partition coefficient (Wildman–Crippen LogP) is 2.53. The fourth-order valence-corrected chi connectivity index (χ4v) is 5.95. The number of aliphatic hydroxyl groups excluding tert-OH is 1. The number of aromatic hydroxyl groups is 1. The van der Waals surface area contributed by atoms with Crippen molar-refractivity contribution >= 4 is 30.6 Å². The summed E-state index contributed by atoms with van der Waals surface area (Å²) in [6.07, 6.45) is 4.85. The largest absolute Gasteiger partial charge is 0.508 e. The van der Waals surface area contributed by atoms with Crippen molar-refractivity contribution in [2.45, 2.75) is 31.7 Å². The van der Waals surface area contributed by atoms with Crippen LogP contribution in [0.5, 0.6) is 5.75 Å². The molecule has 9 heteroatoms. The van der Waals surface area contributed by atoms with Crippen LogP contribution in [-0.2, 0) is 14.2 Å². The van der Waals surface area contributed by atoms with Crippen LogP contribution in [0, 0.1) is 17.8 Å². The maximum absolute atomic E-state index is 13.0. The average Bonchev–Trinajstić information content (AvgIpc) is 3.11. The van der Waals surface area contributed by atoms with Crippen molar-refractivity contribution in [2.24, 2.45) is 17.8 Å². The molecule has 1 aliphatic carbocycles. The third-order valence-electron chi connectivity index (χ3n) is 7.62. The first-order chi connectivity index (χ1) is 17.4. The van der Waals surface area contributed by atoms with Crippen molar-refractivity contribution < 1.29 is 29.5 Å². The van der Waals surface area contributed by atoms with Crippen LogP contribution in [0.1, 0.15) is 30.5 Å². The Kier molecular flexibility index (Phi) is 6.79. The SMILES string of the molecule is CN1C(=O)[C@@H]2[C@@H](CC(CO)=C3[C@@H](CC/C(=C/c4ccc(O)cc4)c4ccccn4)OB(O)C[C@@H]32)C1=O. The van der Waals surface area contributed by atoms with Gasteiger partial charge in [0.25, 0.3) is 0 Å². The van der Waals surface area contributed by atoms with Gasteiger partial charge in [-0.2, -0.15) is 0 Å². The van der Waals surface area contributed by atoms with Gasteiger partial charge < -0.3 is 19.9 Å². The number of allylic oxidation sites excluding steroid dienone is 1. The highest BCUT2D eigenvalue weighted by Gasteiger charge is 2.56. The first-order valence-corrected chi connectivity index (χ1v) is 12.3. The molecule has 3 N–H and O–H groups in total. The molecule has 5 rings (SSSR count). The standard InChI is InChI=1S/C27H29BN2O6/c1-30-26(33)20-13-18(15-31)24-21(25(20)27(30)34)14-28(35)36-23(24)10-7-17(22-4-2-3-11-29-22)12-16-5-8-19(32)9-6-16/h2-6,8-9,11-12,20-21,23,25,31-32,35H,7,10,13-15H2,1H3/b17-12-/t20-,21+,23-,25-/m1/s1. The number of nitrogens with zero attached hydrogens (tertiary/aromatic N) is 2. The lowest BCUT2D eigenvalue weighted by Crippen LogP contribution is -2.46. The molecule has 0 saturated carbocycles. The molecule has 3 aliphatic rings. The molecular formula is C27H29BN2O6. The van der Waals surface area contributed by atoms with E-state index in [1.165, 1.54) is 11.9 Å². The van der Waals surface area contributed by atoms with E-state index in [4.69, 9.17) is 4.65 Å². The van der Waals surface area contributed by atoms with E-state index in [-0.39, 0.29) is 36.4 Å². The monoisotopic (exact) mass is 488 g/mol. The van der Waals surface area contributed by atoms with Crippen LogP contribution in [0.4, 0.5) is 0 Å². The Bertz CT molecular complexity index is 1210. The number of phenolic OH excluding ortho intramolecular Hbond substituents is 1. The number of carbonyl (C=O) groups excluding carboxylic acids is 2. The van der Waals surface area contributed by atoms with Crippen molar-refractivity contribution in [1.82, 2.24) is 9.88 Å². The first kappa shape index (κ1) is 24.4. The summed E-state index contributed by atoms with van der Waals surface area (Å²) in [6.45, 7) is -0.216. The summed E-state index contributed by atoms with van der Waals surface area (Å²) in [5.74, 6) is -1.63. The minimum absolute atomic E-state index is 0.187. The summed E-state index contributed by atoms with van der Waals surface area (Å²) in [5.41, 5.74) is 4.25. The Morgan fingerprint density at radius 3 is 2.64 bits per heavy atom. The van der Waals surface area contributed by atoms with Gasteiger partial charge in [0.15, 0.2) is 0 Å². The van der Waals surface area contributed by atoms with E-state index in [9.17, 15) is 24.8 Å². The third kappa shape index (κ3) is 4.50. The number of aromatic nitrogens is 1. The number of aliphatic hydroxyl groups is 1. The lowest BCUT2D eigenvalue weighted by molar-refractivity contribution is -0.138. The number of hydrogen-bond donors (Lipinski definition) is 3. The summed E-state index contributed by atoms with van der Waals surface area (Å²) in [7, 11) is 0.442. The van der Waals surface area contributed by atoms with Gasteiger partial charge in [-0.3, -0.25) is 19.5 Å². The Morgan fingerprint density at radius 1 is 1.17 bits per heavy atom. The van der Waals surface area contributed by atoms with Crippen molar-refractivity contribution in [3.63, 3.8) is 0 Å². The highest BCUT2D eigenvalue weighted by atomic mass is 16.5. The molecule has 2 fully saturated rings. The highest BCUT2D eigenvalue weighted by Crippen LogP contribution is 2.50. The minimum Gasteiger partial charge on any atom is -0.508 e. The van der Waals surface area contributed by atoms with E-state index in [1.807, 2.05) is 36.4 Å². The lowest BCUT2D eigenvalue weighted by Gasteiger charge is -2.43. The quantitative estimate of drug-likeness (QED) is 0.325. The molecule has 2 saturated heterocycles. The molecule has 0 bridgehead atoms. The maximum Gasteiger partial charge on any atom is 0.455 e. The molecular weight excluding hydrogens is 459 g/mol. The van der Waals surface area contributed by atoms with Gasteiger partial charge in [-0.25, -0.2) is 0 Å². The van der Waals surface area contributed by atoms with Crippen LogP contribution >= 0.6 is 0 Å². The van der Waals surface area contributed by atoms with Gasteiger partial charge in [-0.05, 0) is 84.1 Å². The minimum atomic E-state index is -1.06. The summed E-state index contributed by atoms with van der Waals surface area (Å²) >= 11 is 0. The van der Waals surface area contributed by atoms with Gasteiger partial charge in [0.2, 0.25) is 11.8 Å². The van der Waals surface area contributed by atoms with Gasteiger partial charge >= 0.3 is 7.12 Å². The number of fused-ring (bicyclic) bond motifs is 3. The second-order valence-electron chi connectivity index (χ2n) is 9.73. The molecule has 0 spiro atoms. The summed E-state index contributed by atoms with van der Waals surface area (Å²) in [4.78, 5) is 31.3. The van der Waals surface area contributed by atoms with E-state index in [0.717, 1.165) is 28.0 Å². The summed E-state index contributed by atoms with van der Waals surface area (Å²) in [6, 6.07) is 12.6. The zero-order valence-corrected chi connectivity index (χ0v) is 20.1. The fraction of sp³-hybridized carbons (Fsp3) is 0.370. The normalized spacial score (nSPS) is 26.4. The second kappa shape index (κ2) is 10.0. The summed E-state index contributed by atoms with van der Waals surface area (Å²) < 4.78 is 5.97. The van der Waals surface area contributed by atoms with Crippen molar-refractivity contribution in [3.8, 4) is 5.75 Å². The number of likely N-dealkylation sites (tertiary alicyclic amines) is 1. The molecule has 1 aromatic carbocycles. The lowest BCUT2D eigenvalue weighted by atomic mass is 9.58. The van der Waals surface area contributed by atoms with Gasteiger partial charge in [0.1, 0.15) is 5.75 Å². The second-order valence-corrected chi connectivity index (χ2v) is 9.73. The molecule has 1 aromatic heterocycles. The van der Waals surface area contributed by atoms with Crippen LogP contribution in [0.25, 0.3) is 11.6 Å². The maximum atomic E-state index is 13.0. The van der Waals surface area contributed by atoms with E-state index in [2.05, 4.69) is 4.98 Å².